The molecule has 684 valence electrons. The van der Waals surface area contributed by atoms with E-state index in [1.54, 1.807) is 129 Å². The molecule has 18 N–H and O–H groups in total. The number of ketones is 1. The molecule has 3 aliphatic heterocycles. The van der Waals surface area contributed by atoms with E-state index in [4.69, 9.17) is 17.2 Å². The Kier molecular flexibility index (Phi) is 27.2. The summed E-state index contributed by atoms with van der Waals surface area (Å²) in [6, 6.07) is 39.1. The maximum atomic E-state index is 12.9. The highest BCUT2D eigenvalue weighted by Crippen LogP contribution is 2.37. The van der Waals surface area contributed by atoms with Crippen LogP contribution >= 0.6 is 56.7 Å². The molecule has 17 aromatic rings. The Balaban J connectivity index is 0.000000123. The number of nitrogens with zero attached hydrogens (tertiary/aromatic N) is 11. The van der Waals surface area contributed by atoms with Gasteiger partial charge in [0, 0.05) is 93.5 Å². The predicted octanol–water partition coefficient (Wildman–Crippen LogP) is 8.60. The lowest BCUT2D eigenvalue weighted by molar-refractivity contribution is -0.121. The smallest absolute Gasteiger partial charge is 0.270 e. The van der Waals surface area contributed by atoms with Crippen molar-refractivity contribution in [3.8, 4) is 54.4 Å². The van der Waals surface area contributed by atoms with Gasteiger partial charge in [0.05, 0.1) is 62.6 Å². The van der Waals surface area contributed by atoms with Crippen LogP contribution in [0.2, 0.25) is 0 Å². The first-order chi connectivity index (χ1) is 64.9. The minimum absolute atomic E-state index is 0.0180. The van der Waals surface area contributed by atoms with Gasteiger partial charge in [-0.15, -0.1) is 56.7 Å². The van der Waals surface area contributed by atoms with Crippen LogP contribution in [0, 0.1) is 20.8 Å². The number of Topliss-reactive ketones (excluding diaryl/α,β-unsaturated/α-hetero) is 1. The summed E-state index contributed by atoms with van der Waals surface area (Å²) in [5, 5.41) is 20.5. The number of fused-ring (bicyclic) bond motifs is 5. The number of carbonyl (C=O) groups is 6. The quantitative estimate of drug-likeness (QED) is 0.0405. The molecule has 0 radical (unpaired) electrons. The van der Waals surface area contributed by atoms with Gasteiger partial charge < -0.3 is 73.3 Å². The first kappa shape index (κ1) is 92.1. The topological polar surface area (TPSA) is 601 Å². The van der Waals surface area contributed by atoms with Crippen LogP contribution in [0.3, 0.4) is 0 Å². The van der Waals surface area contributed by atoms with Gasteiger partial charge in [0.15, 0.2) is 17.4 Å². The first-order valence-corrected chi connectivity index (χ1v) is 45.8. The number of amides is 5. The van der Waals surface area contributed by atoms with Crippen LogP contribution in [0.5, 0.6) is 0 Å². The second kappa shape index (κ2) is 39.9. The van der Waals surface area contributed by atoms with Gasteiger partial charge in [0.1, 0.15) is 52.6 Å². The number of thiophene rings is 5. The largest absolute Gasteiger partial charge is 0.391 e. The minimum Gasteiger partial charge on any atom is -0.391 e. The monoisotopic (exact) mass is 1910 g/mol. The van der Waals surface area contributed by atoms with Crippen molar-refractivity contribution in [1.82, 2.24) is 111 Å². The Morgan fingerprint density at radius 2 is 0.970 bits per heavy atom. The highest BCUT2D eigenvalue weighted by atomic mass is 32.1. The van der Waals surface area contributed by atoms with Gasteiger partial charge in [-0.25, -0.2) is 34.9 Å². The summed E-state index contributed by atoms with van der Waals surface area (Å²) in [6.07, 6.45) is 8.73. The molecule has 14 aromatic heterocycles. The molecule has 0 spiro atoms. The number of aliphatic hydroxyl groups excluding tert-OH is 1. The van der Waals surface area contributed by atoms with Crippen molar-refractivity contribution in [3.05, 3.63) is 292 Å². The van der Waals surface area contributed by atoms with Gasteiger partial charge in [0.2, 0.25) is 23.8 Å². The molecule has 135 heavy (non-hydrogen) atoms. The van der Waals surface area contributed by atoms with Crippen molar-refractivity contribution >= 4 is 167 Å². The Morgan fingerprint density at radius 1 is 0.489 bits per heavy atom. The fourth-order valence-electron chi connectivity index (χ4n) is 14.8. The molecular weight excluding hydrogens is 1830 g/mol. The zero-order valence-corrected chi connectivity index (χ0v) is 76.1. The number of nitrogen functional groups attached to an aromatic ring is 3. The molecular formula is C91H81N25O14S5. The SMILES string of the molecule is C=C(c1cccc(-c2cc3nc(N)[nH]c(=O)c3s2)c1)N1CCC(O)C1.CC(=O)C1CCCN1C(=O)c1cccc(-c2cc3nc(N)[nH]c(=O)c3s2)c1.Cc1cnc(CNC(=O)c2cc3nc(-c4ccccn4)[nH]c(=O)c3s2)[nH]c1=O.Cc1cnc(CNC(=O)c2sc3c(=O)[nH]c(-c4ccccn4)nc3c2C)[nH]c1=O.Nc1nc2cc(-c3cccc(C(=O)NC4CCNC4=O)c3)sc2c(=O)[nH]1. The molecule has 20 rings (SSSR count). The summed E-state index contributed by atoms with van der Waals surface area (Å²) in [5.41, 5.74) is 25.6. The third-order valence-corrected chi connectivity index (χ3v) is 27.6. The number of nitrogens with two attached hydrogens (primary N) is 3. The number of aryl methyl sites for hydroxylation is 3. The van der Waals surface area contributed by atoms with Gasteiger partial charge in [-0.05, 0) is 160 Å². The number of H-pyrrole nitrogens is 7. The van der Waals surface area contributed by atoms with E-state index in [0.29, 0.717) is 156 Å². The van der Waals surface area contributed by atoms with E-state index in [1.807, 2.05) is 36.4 Å². The number of β-amino-alcohol motifs (C(OH)–C–C–N with tert-alkyl or cyclic N) is 1. The normalized spacial score (nSPS) is 14.4. The summed E-state index contributed by atoms with van der Waals surface area (Å²) >= 11 is 6.10. The summed E-state index contributed by atoms with van der Waals surface area (Å²) in [5.74, 6) is 0.285. The molecule has 3 saturated heterocycles. The predicted molar refractivity (Wildman–Crippen MR) is 518 cm³/mol. The molecule has 0 aliphatic carbocycles. The number of carbonyl (C=O) groups excluding carboxylic acids is 6. The van der Waals surface area contributed by atoms with E-state index in [2.05, 4.69) is 119 Å². The van der Waals surface area contributed by atoms with Crippen LogP contribution in [0.1, 0.15) is 107 Å². The Labute approximate surface area is 780 Å². The molecule has 3 unspecified atom stereocenters. The third-order valence-electron chi connectivity index (χ3n) is 21.7. The summed E-state index contributed by atoms with van der Waals surface area (Å²) < 4.78 is 2.26. The first-order valence-electron chi connectivity index (χ1n) is 41.7. The van der Waals surface area contributed by atoms with E-state index >= 15 is 0 Å². The maximum Gasteiger partial charge on any atom is 0.270 e. The average molecular weight is 1910 g/mol. The van der Waals surface area contributed by atoms with Gasteiger partial charge in [-0.3, -0.25) is 87.2 Å². The lowest BCUT2D eigenvalue weighted by Gasteiger charge is -2.22. The van der Waals surface area contributed by atoms with Gasteiger partial charge >= 0.3 is 0 Å². The summed E-state index contributed by atoms with van der Waals surface area (Å²) in [7, 11) is 0. The molecule has 39 nitrogen and oxygen atoms in total. The molecule has 3 aliphatic rings. The van der Waals surface area contributed by atoms with E-state index in [-0.39, 0.29) is 117 Å². The number of aliphatic hydroxyl groups is 1. The Morgan fingerprint density at radius 3 is 1.47 bits per heavy atom. The number of aromatic nitrogens is 16. The third kappa shape index (κ3) is 20.9. The van der Waals surface area contributed by atoms with E-state index in [1.165, 1.54) is 53.3 Å². The van der Waals surface area contributed by atoms with E-state index in [0.717, 1.165) is 84.6 Å². The second-order valence-electron chi connectivity index (χ2n) is 31.1. The summed E-state index contributed by atoms with van der Waals surface area (Å²) in [4.78, 5) is 221. The summed E-state index contributed by atoms with van der Waals surface area (Å²) in [6.45, 7) is 13.5. The maximum absolute atomic E-state index is 12.9. The van der Waals surface area contributed by atoms with Crippen molar-refractivity contribution in [1.29, 1.82) is 0 Å². The zero-order chi connectivity index (χ0) is 95.2. The van der Waals surface area contributed by atoms with Crippen LogP contribution in [-0.4, -0.2) is 174 Å². The number of nitrogens with one attached hydrogen (secondary N) is 11. The minimum atomic E-state index is -0.499. The van der Waals surface area contributed by atoms with Gasteiger partial charge in [-0.2, -0.15) is 0 Å². The average Bonchev–Trinajstić information content (AvgIpc) is 1.62. The highest BCUT2D eigenvalue weighted by Gasteiger charge is 2.34. The van der Waals surface area contributed by atoms with Crippen molar-refractivity contribution in [2.24, 2.45) is 0 Å². The number of rotatable bonds is 17. The highest BCUT2D eigenvalue weighted by molar-refractivity contribution is 7.23. The molecule has 5 amide bonds. The number of hydrogen-bond acceptors (Lipinski definition) is 32. The van der Waals surface area contributed by atoms with Crippen LogP contribution < -0.4 is 77.4 Å². The van der Waals surface area contributed by atoms with Crippen molar-refractivity contribution in [2.75, 3.05) is 43.4 Å². The Bertz CT molecular complexity index is 8010. The van der Waals surface area contributed by atoms with Crippen molar-refractivity contribution < 1.29 is 33.9 Å². The van der Waals surface area contributed by atoms with Gasteiger partial charge in [0.25, 0.3) is 62.5 Å². The number of likely N-dealkylation sites (tertiary alicyclic amines) is 2. The lowest BCUT2D eigenvalue weighted by atomic mass is 10.1. The van der Waals surface area contributed by atoms with Crippen molar-refractivity contribution in [2.45, 2.75) is 84.7 Å². The number of pyridine rings is 2. The van der Waals surface area contributed by atoms with Crippen LogP contribution in [0.4, 0.5) is 17.8 Å². The number of benzene rings is 3. The Hall–Kier alpha value is -16.2. The second-order valence-corrected chi connectivity index (χ2v) is 36.4. The molecule has 17 heterocycles. The molecule has 3 fully saturated rings. The molecule has 0 saturated carbocycles. The molecule has 3 aromatic carbocycles. The van der Waals surface area contributed by atoms with Crippen LogP contribution in [-0.2, 0) is 22.7 Å². The van der Waals surface area contributed by atoms with Crippen LogP contribution in [0.15, 0.2) is 198 Å². The van der Waals surface area contributed by atoms with Gasteiger partial charge in [-0.1, -0.05) is 61.2 Å². The standard InChI is InChI=1S/C19H16N6O3S.C19H18N4O3S.C18H14N6O3S.C18H18N4O2S.C17H15N5O3S/c1-9-7-21-12(23-17(9)26)8-22-18(27)14-10(2)13-15(29-14)19(28)25-16(24-13)11-5-3-4-6-20-11;1-10(24)14-6-3-7-23(14)18(26)12-5-2-4-11(8-12)15-9-13-16(27-15)17(25)22-19(20)21-13;1-9-7-20-13(23-16(9)25)8-21-17(26)12-6-11-14(28-12)18(27)24-15(22-11)10-4-2-3-5-19-10;1-10(22-6-5-13(23)9-22)11-3-2-4-12(7-11)15-8-14-16(25-15)17(24)21-18(19)20-14;18-17-21-11-7-12(26-13(11)16(25)22-17)8-2-1-3-9(6-8)14(23)20-10-4-5-19-15(10)24/h3-7H,8H2,1-2H3,(H,22,27)(H,21,23,26)(H,24,25,28);2,4-5,8-9,14H,3,6-7H2,1H3,(H3,20,21,22,25);2-7H,8H2,1H3,(H,21,26)(H,20,23,25)(H,22,24,27);2-4,7-8,13,23H,1,5-6,9H2,(H3,19,20,21,24);1-3,6-7,10H,4-5H2,(H,19,24)(H,20,23)(H3,18,21,22,25). The molecule has 44 heteroatoms. The van der Waals surface area contributed by atoms with E-state index in [9.17, 15) is 67.4 Å². The zero-order valence-electron chi connectivity index (χ0n) is 72.0. The van der Waals surface area contributed by atoms with E-state index < -0.39 is 6.04 Å². The number of aromatic amines is 7. The van der Waals surface area contributed by atoms with Crippen molar-refractivity contribution in [3.63, 3.8) is 0 Å². The van der Waals surface area contributed by atoms with Crippen LogP contribution in [0.25, 0.3) is 111 Å². The number of anilines is 3. The molecule has 3 atom stereocenters. The fourth-order valence-corrected chi connectivity index (χ4v) is 19.7. The molecule has 0 bridgehead atoms. The lowest BCUT2D eigenvalue weighted by Crippen LogP contribution is -2.40. The fraction of sp³-hybridized carbons (Fsp3) is 0.187. The number of hydrogen-bond donors (Lipinski definition) is 15.